The van der Waals surface area contributed by atoms with Gasteiger partial charge < -0.3 is 14.9 Å². The van der Waals surface area contributed by atoms with Gasteiger partial charge in [0.05, 0.1) is 12.7 Å². The Hall–Kier alpha value is -1.85. The molecule has 28 heavy (non-hydrogen) atoms. The van der Waals surface area contributed by atoms with Crippen molar-refractivity contribution in [3.63, 3.8) is 0 Å². The van der Waals surface area contributed by atoms with Crippen molar-refractivity contribution in [1.82, 2.24) is 4.90 Å². The van der Waals surface area contributed by atoms with Crippen LogP contribution in [0, 0.1) is 5.92 Å². The summed E-state index contributed by atoms with van der Waals surface area (Å²) in [7, 11) is 1.65. The van der Waals surface area contributed by atoms with Crippen molar-refractivity contribution >= 4 is 5.78 Å². The number of carbonyl (C=O) groups is 1. The Balaban J connectivity index is 1.68. The second-order valence-corrected chi connectivity index (χ2v) is 9.27. The highest BCUT2D eigenvalue weighted by Crippen LogP contribution is 2.59. The third-order valence-corrected chi connectivity index (χ3v) is 7.77. The van der Waals surface area contributed by atoms with Crippen LogP contribution in [0.15, 0.2) is 29.5 Å². The van der Waals surface area contributed by atoms with Gasteiger partial charge in [-0.1, -0.05) is 6.07 Å². The van der Waals surface area contributed by atoms with Crippen LogP contribution < -0.4 is 4.74 Å². The summed E-state index contributed by atoms with van der Waals surface area (Å²) in [6, 6.07) is 6.12. The van der Waals surface area contributed by atoms with Crippen LogP contribution in [0.5, 0.6) is 5.75 Å². The molecule has 5 heteroatoms. The number of nitrogens with zero attached hydrogens (tertiary/aromatic N) is 1. The Kier molecular flexibility index (Phi) is 3.95. The SMILES string of the molecule is COc1ccc2c(c1)[C@@]13CCN(CC4CC4)C(C2)[C@@]1(O)CC(C(C)=O)=C(O)C3. The second kappa shape index (κ2) is 6.07. The van der Waals surface area contributed by atoms with Gasteiger partial charge in [-0.25, -0.2) is 0 Å². The molecular weight excluding hydrogens is 354 g/mol. The number of fused-ring (bicyclic) bond motifs is 1. The first-order chi connectivity index (χ1) is 13.4. The number of rotatable bonds is 4. The molecule has 1 heterocycles. The van der Waals surface area contributed by atoms with Crippen LogP contribution in [-0.4, -0.2) is 52.7 Å². The monoisotopic (exact) mass is 383 g/mol. The molecule has 3 aliphatic carbocycles. The average Bonchev–Trinajstić information content (AvgIpc) is 3.48. The molecule has 0 radical (unpaired) electrons. The summed E-state index contributed by atoms with van der Waals surface area (Å²) in [6.07, 6.45) is 4.67. The van der Waals surface area contributed by atoms with E-state index in [0.29, 0.717) is 12.0 Å². The predicted molar refractivity (Wildman–Crippen MR) is 106 cm³/mol. The van der Waals surface area contributed by atoms with Crippen molar-refractivity contribution in [3.05, 3.63) is 40.7 Å². The number of allylic oxidation sites excluding steroid dienone is 1. The maximum Gasteiger partial charge on any atom is 0.159 e. The number of likely N-dealkylation sites (tertiary alicyclic amines) is 1. The lowest BCUT2D eigenvalue weighted by Gasteiger charge is -2.63. The number of Topliss-reactive ketones (excluding diaryl/α,β-unsaturated/α-hetero) is 1. The van der Waals surface area contributed by atoms with E-state index < -0.39 is 11.0 Å². The lowest BCUT2D eigenvalue weighted by molar-refractivity contribution is -0.156. The molecule has 1 aromatic rings. The molecule has 1 aromatic carbocycles. The van der Waals surface area contributed by atoms with Gasteiger partial charge in [0, 0.05) is 36.4 Å². The lowest BCUT2D eigenvalue weighted by Crippen LogP contribution is -2.72. The maximum atomic E-state index is 12.2. The first-order valence-electron chi connectivity index (χ1n) is 10.4. The zero-order valence-electron chi connectivity index (χ0n) is 16.7. The predicted octanol–water partition coefficient (Wildman–Crippen LogP) is 2.90. The standard InChI is InChI=1S/C23H29NO4/c1-14(25)18-11-23(27)21-9-16-5-6-17(28-2)10-19(16)22(23,12-20(18)26)7-8-24(21)13-15-3-4-15/h5-6,10,15,21,26-27H,3-4,7-9,11-13H2,1-2H3/t21?,22-,23-/m0/s1. The molecule has 2 N–H and O–H groups in total. The van der Waals surface area contributed by atoms with E-state index in [2.05, 4.69) is 11.0 Å². The minimum atomic E-state index is -1.05. The fourth-order valence-electron chi connectivity index (χ4n) is 6.07. The van der Waals surface area contributed by atoms with Gasteiger partial charge in [-0.2, -0.15) is 0 Å². The van der Waals surface area contributed by atoms with Crippen molar-refractivity contribution in [3.8, 4) is 5.75 Å². The van der Waals surface area contributed by atoms with Crippen LogP contribution in [0.4, 0.5) is 0 Å². The molecule has 5 rings (SSSR count). The topological polar surface area (TPSA) is 70.0 Å². The second-order valence-electron chi connectivity index (χ2n) is 9.27. The Morgan fingerprint density at radius 3 is 2.79 bits per heavy atom. The van der Waals surface area contributed by atoms with Crippen molar-refractivity contribution in [1.29, 1.82) is 0 Å². The molecule has 0 spiro atoms. The minimum Gasteiger partial charge on any atom is -0.512 e. The third-order valence-electron chi connectivity index (χ3n) is 7.77. The summed E-state index contributed by atoms with van der Waals surface area (Å²) in [5, 5.41) is 23.0. The Bertz CT molecular complexity index is 873. The van der Waals surface area contributed by atoms with Gasteiger partial charge in [-0.15, -0.1) is 0 Å². The Morgan fingerprint density at radius 1 is 1.32 bits per heavy atom. The van der Waals surface area contributed by atoms with Crippen molar-refractivity contribution in [2.75, 3.05) is 20.2 Å². The molecule has 1 aliphatic heterocycles. The largest absolute Gasteiger partial charge is 0.512 e. The van der Waals surface area contributed by atoms with Crippen LogP contribution in [0.1, 0.15) is 50.2 Å². The van der Waals surface area contributed by atoms with Gasteiger partial charge in [0.2, 0.25) is 0 Å². The van der Waals surface area contributed by atoms with Gasteiger partial charge in [0.1, 0.15) is 11.5 Å². The number of ketones is 1. The van der Waals surface area contributed by atoms with Crippen molar-refractivity contribution < 1.29 is 19.7 Å². The molecule has 0 aromatic heterocycles. The van der Waals surface area contributed by atoms with E-state index in [1.807, 2.05) is 12.1 Å². The number of hydrogen-bond acceptors (Lipinski definition) is 5. The number of methoxy groups -OCH3 is 1. The minimum absolute atomic E-state index is 0.0230. The quantitative estimate of drug-likeness (QED) is 0.837. The molecular formula is C23H29NO4. The van der Waals surface area contributed by atoms with Gasteiger partial charge in [0.25, 0.3) is 0 Å². The highest BCUT2D eigenvalue weighted by Gasteiger charge is 2.65. The smallest absolute Gasteiger partial charge is 0.159 e. The fourth-order valence-corrected chi connectivity index (χ4v) is 6.07. The highest BCUT2D eigenvalue weighted by atomic mass is 16.5. The molecule has 4 aliphatic rings. The molecule has 0 amide bonds. The molecule has 5 nitrogen and oxygen atoms in total. The van der Waals surface area contributed by atoms with Gasteiger partial charge in [0.15, 0.2) is 5.78 Å². The van der Waals surface area contributed by atoms with Crippen LogP contribution in [-0.2, 0) is 16.6 Å². The van der Waals surface area contributed by atoms with E-state index in [0.717, 1.165) is 43.2 Å². The van der Waals surface area contributed by atoms with E-state index in [-0.39, 0.29) is 24.0 Å². The first kappa shape index (κ1) is 18.2. The maximum absolute atomic E-state index is 12.2. The number of hydrogen-bond donors (Lipinski definition) is 2. The van der Waals surface area contributed by atoms with Crippen molar-refractivity contribution in [2.45, 2.75) is 62.5 Å². The number of benzene rings is 1. The number of carbonyl (C=O) groups excluding carboxylic acids is 1. The molecule has 150 valence electrons. The lowest BCUT2D eigenvalue weighted by atomic mass is 9.49. The van der Waals surface area contributed by atoms with Crippen LogP contribution >= 0.6 is 0 Å². The first-order valence-corrected chi connectivity index (χ1v) is 10.4. The zero-order chi connectivity index (χ0) is 19.7. The normalized spacial score (nSPS) is 34.6. The summed E-state index contributed by atoms with van der Waals surface area (Å²) in [5.41, 5.74) is 1.11. The Labute approximate surface area is 166 Å². The van der Waals surface area contributed by atoms with E-state index in [1.54, 1.807) is 7.11 Å². The molecule has 1 saturated heterocycles. The number of piperidine rings is 1. The van der Waals surface area contributed by atoms with E-state index in [1.165, 1.54) is 25.3 Å². The summed E-state index contributed by atoms with van der Waals surface area (Å²) >= 11 is 0. The zero-order valence-corrected chi connectivity index (χ0v) is 16.7. The van der Waals surface area contributed by atoms with E-state index >= 15 is 0 Å². The number of aliphatic hydroxyl groups excluding tert-OH is 1. The van der Waals surface area contributed by atoms with Crippen LogP contribution in [0.25, 0.3) is 0 Å². The number of aliphatic hydroxyl groups is 2. The molecule has 2 fully saturated rings. The highest BCUT2D eigenvalue weighted by molar-refractivity contribution is 5.94. The molecule has 1 unspecified atom stereocenters. The van der Waals surface area contributed by atoms with Gasteiger partial charge >= 0.3 is 0 Å². The fraction of sp³-hybridized carbons (Fsp3) is 0.609. The van der Waals surface area contributed by atoms with Crippen LogP contribution in [0.3, 0.4) is 0 Å². The van der Waals surface area contributed by atoms with Gasteiger partial charge in [-0.3, -0.25) is 9.69 Å². The summed E-state index contributed by atoms with van der Waals surface area (Å²) < 4.78 is 5.47. The third kappa shape index (κ3) is 2.42. The van der Waals surface area contributed by atoms with Crippen molar-refractivity contribution in [2.24, 2.45) is 5.92 Å². The Morgan fingerprint density at radius 2 is 2.11 bits per heavy atom. The average molecular weight is 383 g/mol. The summed E-state index contributed by atoms with van der Waals surface area (Å²) in [4.78, 5) is 14.7. The molecule has 2 bridgehead atoms. The molecule has 1 saturated carbocycles. The number of ether oxygens (including phenoxy) is 1. The van der Waals surface area contributed by atoms with E-state index in [4.69, 9.17) is 4.74 Å². The van der Waals surface area contributed by atoms with Gasteiger partial charge in [-0.05, 0) is 68.3 Å². The molecule has 3 atom stereocenters. The van der Waals surface area contributed by atoms with E-state index in [9.17, 15) is 15.0 Å². The summed E-state index contributed by atoms with van der Waals surface area (Å²) in [5.74, 6) is 1.54. The van der Waals surface area contributed by atoms with Crippen LogP contribution in [0.2, 0.25) is 0 Å². The summed E-state index contributed by atoms with van der Waals surface area (Å²) in [6.45, 7) is 3.44.